The highest BCUT2D eigenvalue weighted by atomic mass is 127. The summed E-state index contributed by atoms with van der Waals surface area (Å²) in [4.78, 5) is 6.80. The van der Waals surface area contributed by atoms with Crippen molar-refractivity contribution in [2.24, 2.45) is 4.99 Å². The van der Waals surface area contributed by atoms with Gasteiger partial charge in [0.1, 0.15) is 0 Å². The molecule has 5 heteroatoms. The molecular formula is C21H30IN3O. The minimum absolute atomic E-state index is 0. The molecule has 0 saturated carbocycles. The lowest BCUT2D eigenvalue weighted by atomic mass is 10.1. The Hall–Kier alpha value is -1.34. The maximum Gasteiger partial charge on any atom is 0.193 e. The Balaban J connectivity index is 0.00000243. The first kappa shape index (κ1) is 21.0. The first-order valence-corrected chi connectivity index (χ1v) is 9.35. The molecule has 0 aromatic heterocycles. The van der Waals surface area contributed by atoms with Gasteiger partial charge in [0, 0.05) is 33.3 Å². The maximum atomic E-state index is 5.73. The molecule has 0 aliphatic carbocycles. The fourth-order valence-corrected chi connectivity index (χ4v) is 3.52. The smallest absolute Gasteiger partial charge is 0.193 e. The van der Waals surface area contributed by atoms with E-state index in [1.807, 2.05) is 7.05 Å². The molecule has 1 heterocycles. The van der Waals surface area contributed by atoms with E-state index in [9.17, 15) is 0 Å². The van der Waals surface area contributed by atoms with Gasteiger partial charge in [-0.3, -0.25) is 4.99 Å². The Morgan fingerprint density at radius 3 is 2.58 bits per heavy atom. The van der Waals surface area contributed by atoms with Crippen LogP contribution in [-0.2, 0) is 11.2 Å². The number of rotatable bonds is 5. The quantitative estimate of drug-likeness (QED) is 0.409. The van der Waals surface area contributed by atoms with E-state index >= 15 is 0 Å². The number of nitrogens with zero attached hydrogens (tertiary/aromatic N) is 2. The molecule has 4 nitrogen and oxygen atoms in total. The Bertz CT molecular complexity index is 711. The molecule has 1 fully saturated rings. The van der Waals surface area contributed by atoms with E-state index in [1.165, 1.54) is 16.3 Å². The van der Waals surface area contributed by atoms with Crippen LogP contribution in [0.5, 0.6) is 0 Å². The highest BCUT2D eigenvalue weighted by Gasteiger charge is 2.21. The van der Waals surface area contributed by atoms with Gasteiger partial charge >= 0.3 is 0 Å². The van der Waals surface area contributed by atoms with Crippen LogP contribution in [0.4, 0.5) is 0 Å². The highest BCUT2D eigenvalue weighted by Crippen LogP contribution is 2.16. The molecule has 3 rings (SSSR count). The maximum absolute atomic E-state index is 5.73. The zero-order valence-electron chi connectivity index (χ0n) is 15.8. The van der Waals surface area contributed by atoms with Gasteiger partial charge in [0.2, 0.25) is 0 Å². The summed E-state index contributed by atoms with van der Waals surface area (Å²) in [6, 6.07) is 15.2. The van der Waals surface area contributed by atoms with E-state index in [1.54, 1.807) is 0 Å². The number of hydrogen-bond donors (Lipinski definition) is 1. The van der Waals surface area contributed by atoms with Crippen molar-refractivity contribution in [1.29, 1.82) is 0 Å². The normalized spacial score (nSPS) is 15.8. The van der Waals surface area contributed by atoms with Gasteiger partial charge in [0.15, 0.2) is 5.96 Å². The van der Waals surface area contributed by atoms with Gasteiger partial charge in [-0.05, 0) is 42.5 Å². The summed E-state index contributed by atoms with van der Waals surface area (Å²) in [5, 5.41) is 6.12. The number of fused-ring (bicyclic) bond motifs is 1. The molecular weight excluding hydrogens is 437 g/mol. The molecule has 1 saturated heterocycles. The number of likely N-dealkylation sites (tertiary alicyclic amines) is 1. The second-order valence-corrected chi connectivity index (χ2v) is 6.55. The van der Waals surface area contributed by atoms with Crippen molar-refractivity contribution in [3.63, 3.8) is 0 Å². The van der Waals surface area contributed by atoms with Crippen molar-refractivity contribution in [3.8, 4) is 0 Å². The number of halogens is 1. The van der Waals surface area contributed by atoms with Gasteiger partial charge in [-0.2, -0.15) is 0 Å². The van der Waals surface area contributed by atoms with Crippen LogP contribution in [0.15, 0.2) is 47.5 Å². The van der Waals surface area contributed by atoms with E-state index in [0.29, 0.717) is 6.10 Å². The second kappa shape index (κ2) is 10.7. The number of benzene rings is 2. The van der Waals surface area contributed by atoms with E-state index in [0.717, 1.165) is 51.5 Å². The molecule has 2 aromatic carbocycles. The molecule has 1 aliphatic heterocycles. The molecule has 0 amide bonds. The minimum atomic E-state index is 0. The standard InChI is InChI=1S/C21H29N3O.HI/c1-3-25-20-11-14-24(15-12-20)21(22-2)23-13-10-17-8-9-18-6-4-5-7-19(18)16-17;/h4-9,16,20H,3,10-15H2,1-2H3,(H,22,23);1H. The zero-order valence-corrected chi connectivity index (χ0v) is 18.1. The van der Waals surface area contributed by atoms with Crippen LogP contribution >= 0.6 is 24.0 Å². The average Bonchev–Trinajstić information content (AvgIpc) is 2.66. The summed E-state index contributed by atoms with van der Waals surface area (Å²) in [7, 11) is 1.87. The van der Waals surface area contributed by atoms with Gasteiger partial charge in [-0.25, -0.2) is 0 Å². The molecule has 0 atom stereocenters. The predicted molar refractivity (Wildman–Crippen MR) is 121 cm³/mol. The van der Waals surface area contributed by atoms with Crippen molar-refractivity contribution in [2.75, 3.05) is 33.3 Å². The lowest BCUT2D eigenvalue weighted by Crippen LogP contribution is -2.47. The van der Waals surface area contributed by atoms with Crippen molar-refractivity contribution in [1.82, 2.24) is 10.2 Å². The van der Waals surface area contributed by atoms with Crippen LogP contribution in [0.1, 0.15) is 25.3 Å². The van der Waals surface area contributed by atoms with Crippen LogP contribution in [0.25, 0.3) is 10.8 Å². The fraction of sp³-hybridized carbons (Fsp3) is 0.476. The van der Waals surface area contributed by atoms with E-state index < -0.39 is 0 Å². The lowest BCUT2D eigenvalue weighted by molar-refractivity contribution is 0.0264. The molecule has 0 radical (unpaired) electrons. The summed E-state index contributed by atoms with van der Waals surface area (Å²) in [6.45, 7) is 5.81. The largest absolute Gasteiger partial charge is 0.378 e. The Labute approximate surface area is 174 Å². The molecule has 2 aromatic rings. The second-order valence-electron chi connectivity index (χ2n) is 6.55. The first-order chi connectivity index (χ1) is 12.3. The minimum Gasteiger partial charge on any atom is -0.378 e. The van der Waals surface area contributed by atoms with Crippen molar-refractivity contribution in [3.05, 3.63) is 48.0 Å². The molecule has 1 aliphatic rings. The Kier molecular flexibility index (Phi) is 8.65. The third kappa shape index (κ3) is 5.58. The molecule has 0 unspecified atom stereocenters. The summed E-state index contributed by atoms with van der Waals surface area (Å²) in [6.07, 6.45) is 3.58. The van der Waals surface area contributed by atoms with E-state index in [4.69, 9.17) is 4.74 Å². The summed E-state index contributed by atoms with van der Waals surface area (Å²) >= 11 is 0. The van der Waals surface area contributed by atoms with Crippen molar-refractivity contribution in [2.45, 2.75) is 32.3 Å². The third-order valence-corrected chi connectivity index (χ3v) is 4.87. The SMILES string of the molecule is CCOC1CCN(C(=NC)NCCc2ccc3ccccc3c2)CC1.I. The lowest BCUT2D eigenvalue weighted by Gasteiger charge is -2.34. The van der Waals surface area contributed by atoms with Crippen molar-refractivity contribution >= 4 is 40.7 Å². The van der Waals surface area contributed by atoms with Gasteiger partial charge in [0.25, 0.3) is 0 Å². The molecule has 142 valence electrons. The van der Waals surface area contributed by atoms with Crippen LogP contribution in [0.2, 0.25) is 0 Å². The topological polar surface area (TPSA) is 36.9 Å². The number of piperidine rings is 1. The molecule has 0 spiro atoms. The van der Waals surface area contributed by atoms with Gasteiger partial charge < -0.3 is 15.0 Å². The number of nitrogens with one attached hydrogen (secondary N) is 1. The van der Waals surface area contributed by atoms with Gasteiger partial charge in [-0.1, -0.05) is 42.5 Å². The summed E-state index contributed by atoms with van der Waals surface area (Å²) < 4.78 is 5.73. The number of hydrogen-bond acceptors (Lipinski definition) is 2. The number of aliphatic imine (C=N–C) groups is 1. The van der Waals surface area contributed by atoms with Gasteiger partial charge in [0.05, 0.1) is 6.10 Å². The highest BCUT2D eigenvalue weighted by molar-refractivity contribution is 14.0. The van der Waals surface area contributed by atoms with Crippen molar-refractivity contribution < 1.29 is 4.74 Å². The van der Waals surface area contributed by atoms with Crippen LogP contribution < -0.4 is 5.32 Å². The molecule has 26 heavy (non-hydrogen) atoms. The average molecular weight is 467 g/mol. The predicted octanol–water partition coefficient (Wildman–Crippen LogP) is 4.08. The fourth-order valence-electron chi connectivity index (χ4n) is 3.52. The van der Waals surface area contributed by atoms with E-state index in [2.05, 4.69) is 64.6 Å². The van der Waals surface area contributed by atoms with Crippen LogP contribution in [0, 0.1) is 0 Å². The first-order valence-electron chi connectivity index (χ1n) is 9.35. The Morgan fingerprint density at radius 2 is 1.88 bits per heavy atom. The zero-order chi connectivity index (χ0) is 17.5. The molecule has 1 N–H and O–H groups in total. The molecule has 0 bridgehead atoms. The number of guanidine groups is 1. The Morgan fingerprint density at radius 1 is 1.15 bits per heavy atom. The summed E-state index contributed by atoms with van der Waals surface area (Å²) in [5.41, 5.74) is 1.36. The third-order valence-electron chi connectivity index (χ3n) is 4.87. The van der Waals surface area contributed by atoms with Crippen LogP contribution in [0.3, 0.4) is 0 Å². The van der Waals surface area contributed by atoms with Crippen LogP contribution in [-0.4, -0.2) is 50.3 Å². The number of ether oxygens (including phenoxy) is 1. The van der Waals surface area contributed by atoms with E-state index in [-0.39, 0.29) is 24.0 Å². The summed E-state index contributed by atoms with van der Waals surface area (Å²) in [5.74, 6) is 1.01. The van der Waals surface area contributed by atoms with Gasteiger partial charge in [-0.15, -0.1) is 24.0 Å². The monoisotopic (exact) mass is 467 g/mol.